The number of ether oxygens (including phenoxy) is 1. The van der Waals surface area contributed by atoms with Crippen LogP contribution in [-0.2, 0) is 4.79 Å². The third-order valence-corrected chi connectivity index (χ3v) is 5.41. The molecule has 2 aromatic rings. The van der Waals surface area contributed by atoms with Crippen molar-refractivity contribution in [3.63, 3.8) is 0 Å². The zero-order valence-electron chi connectivity index (χ0n) is 19.9. The van der Waals surface area contributed by atoms with Crippen LogP contribution in [0.15, 0.2) is 47.6 Å². The minimum Gasteiger partial charge on any atom is -0.496 e. The molecule has 0 aromatic heterocycles. The maximum absolute atomic E-state index is 12.8. The van der Waals surface area contributed by atoms with Crippen molar-refractivity contribution in [2.75, 3.05) is 25.1 Å². The average molecular weight is 473 g/mol. The summed E-state index contributed by atoms with van der Waals surface area (Å²) >= 11 is 5.89. The van der Waals surface area contributed by atoms with Crippen molar-refractivity contribution in [3.8, 4) is 5.75 Å². The minimum atomic E-state index is -0.725. The highest BCUT2D eigenvalue weighted by Crippen LogP contribution is 2.24. The molecule has 2 rings (SSSR count). The first kappa shape index (κ1) is 26.2. The number of nitrogens with one attached hydrogen (secondary N) is 2. The van der Waals surface area contributed by atoms with Gasteiger partial charge in [-0.1, -0.05) is 25.4 Å². The number of nitrogens with zero attached hydrogens (tertiary/aromatic N) is 2. The second kappa shape index (κ2) is 12.8. The van der Waals surface area contributed by atoms with Crippen LogP contribution in [0, 0.1) is 5.92 Å². The molecule has 0 radical (unpaired) electrons. The van der Waals surface area contributed by atoms with Crippen molar-refractivity contribution in [1.29, 1.82) is 0 Å². The Morgan fingerprint density at radius 2 is 1.79 bits per heavy atom. The lowest BCUT2D eigenvalue weighted by atomic mass is 10.0. The van der Waals surface area contributed by atoms with Crippen molar-refractivity contribution in [2.45, 2.75) is 40.2 Å². The van der Waals surface area contributed by atoms with Gasteiger partial charge in [-0.25, -0.2) is 5.43 Å². The van der Waals surface area contributed by atoms with E-state index in [9.17, 15) is 9.59 Å². The van der Waals surface area contributed by atoms with Crippen LogP contribution >= 0.6 is 11.6 Å². The summed E-state index contributed by atoms with van der Waals surface area (Å²) in [4.78, 5) is 27.6. The van der Waals surface area contributed by atoms with Crippen molar-refractivity contribution in [2.24, 2.45) is 11.0 Å². The second-order valence-corrected chi connectivity index (χ2v) is 8.43. The number of hydrogen-bond donors (Lipinski definition) is 2. The molecule has 0 heterocycles. The minimum absolute atomic E-state index is 0.197. The Kier molecular flexibility index (Phi) is 10.2. The standard InChI is InChI=1S/C25H33ClN4O3/c1-6-30(7-2)21-13-10-19(23(15-21)33-5)16-27-29-25(32)22(14-17(3)4)28-24(31)18-8-11-20(26)12-9-18/h8-13,15-17,22H,6-7,14H2,1-5H3,(H,28,31)(H,29,32). The first-order valence-electron chi connectivity index (χ1n) is 11.1. The van der Waals surface area contributed by atoms with E-state index < -0.39 is 6.04 Å². The van der Waals surface area contributed by atoms with Gasteiger partial charge in [0.15, 0.2) is 0 Å². The average Bonchev–Trinajstić information content (AvgIpc) is 2.80. The van der Waals surface area contributed by atoms with Gasteiger partial charge in [-0.05, 0) is 62.6 Å². The fraction of sp³-hybridized carbons (Fsp3) is 0.400. The van der Waals surface area contributed by atoms with Crippen LogP contribution < -0.4 is 20.4 Å². The number of anilines is 1. The Morgan fingerprint density at radius 3 is 2.36 bits per heavy atom. The van der Waals surface area contributed by atoms with Crippen LogP contribution in [-0.4, -0.2) is 44.3 Å². The van der Waals surface area contributed by atoms with E-state index in [1.807, 2.05) is 32.0 Å². The van der Waals surface area contributed by atoms with Crippen LogP contribution in [0.3, 0.4) is 0 Å². The normalized spacial score (nSPS) is 12.0. The quantitative estimate of drug-likeness (QED) is 0.373. The van der Waals surface area contributed by atoms with Gasteiger partial charge >= 0.3 is 0 Å². The van der Waals surface area contributed by atoms with Crippen molar-refractivity contribution in [1.82, 2.24) is 10.7 Å². The Hall–Kier alpha value is -3.06. The second-order valence-electron chi connectivity index (χ2n) is 8.00. The van der Waals surface area contributed by atoms with Gasteiger partial charge in [0.05, 0.1) is 13.3 Å². The highest BCUT2D eigenvalue weighted by Gasteiger charge is 2.22. The lowest BCUT2D eigenvalue weighted by Crippen LogP contribution is -2.46. The van der Waals surface area contributed by atoms with E-state index in [1.165, 1.54) is 6.21 Å². The Balaban J connectivity index is 2.09. The zero-order chi connectivity index (χ0) is 24.4. The number of hydrogen-bond acceptors (Lipinski definition) is 5. The van der Waals surface area contributed by atoms with Crippen LogP contribution in [0.4, 0.5) is 5.69 Å². The Labute approximate surface area is 201 Å². The molecule has 0 aliphatic heterocycles. The fourth-order valence-electron chi connectivity index (χ4n) is 3.38. The summed E-state index contributed by atoms with van der Waals surface area (Å²) in [5.74, 6) is 0.126. The van der Waals surface area contributed by atoms with Crippen LogP contribution in [0.5, 0.6) is 5.75 Å². The molecule has 0 saturated heterocycles. The summed E-state index contributed by atoms with van der Waals surface area (Å²) in [6.07, 6.45) is 2.01. The molecule has 0 bridgehead atoms. The molecule has 0 fully saturated rings. The van der Waals surface area contributed by atoms with Crippen LogP contribution in [0.25, 0.3) is 0 Å². The highest BCUT2D eigenvalue weighted by molar-refractivity contribution is 6.30. The SMILES string of the molecule is CCN(CC)c1ccc(C=NNC(=O)C(CC(C)C)NC(=O)c2ccc(Cl)cc2)c(OC)c1. The molecule has 0 aliphatic carbocycles. The summed E-state index contributed by atoms with van der Waals surface area (Å²) < 4.78 is 5.50. The molecule has 178 valence electrons. The Morgan fingerprint density at radius 1 is 1.12 bits per heavy atom. The van der Waals surface area contributed by atoms with Crippen molar-refractivity contribution >= 4 is 35.3 Å². The summed E-state index contributed by atoms with van der Waals surface area (Å²) in [6.45, 7) is 9.95. The molecular weight excluding hydrogens is 440 g/mol. The van der Waals surface area contributed by atoms with Gasteiger partial charge in [0.1, 0.15) is 11.8 Å². The molecule has 1 unspecified atom stereocenters. The largest absolute Gasteiger partial charge is 0.496 e. The number of hydrazone groups is 1. The predicted octanol–water partition coefficient (Wildman–Crippen LogP) is 4.49. The van der Waals surface area contributed by atoms with Gasteiger partial charge in [-0.3, -0.25) is 9.59 Å². The third-order valence-electron chi connectivity index (χ3n) is 5.16. The molecule has 7 nitrogen and oxygen atoms in total. The zero-order valence-corrected chi connectivity index (χ0v) is 20.6. The molecule has 2 amide bonds. The van der Waals surface area contributed by atoms with Gasteiger partial charge < -0.3 is 15.0 Å². The van der Waals surface area contributed by atoms with E-state index in [0.29, 0.717) is 22.8 Å². The molecular formula is C25H33ClN4O3. The van der Waals surface area contributed by atoms with Gasteiger partial charge in [0, 0.05) is 41.0 Å². The summed E-state index contributed by atoms with van der Waals surface area (Å²) in [5.41, 5.74) is 4.77. The van der Waals surface area contributed by atoms with E-state index in [4.69, 9.17) is 16.3 Å². The summed E-state index contributed by atoms with van der Waals surface area (Å²) in [7, 11) is 1.60. The van der Waals surface area contributed by atoms with Crippen LogP contribution in [0.2, 0.25) is 5.02 Å². The molecule has 8 heteroatoms. The van der Waals surface area contributed by atoms with Crippen molar-refractivity contribution in [3.05, 3.63) is 58.6 Å². The van der Waals surface area contributed by atoms with Gasteiger partial charge in [0.25, 0.3) is 11.8 Å². The molecule has 2 N–H and O–H groups in total. The first-order valence-corrected chi connectivity index (χ1v) is 11.5. The number of benzene rings is 2. The molecule has 0 aliphatic rings. The maximum atomic E-state index is 12.8. The lowest BCUT2D eigenvalue weighted by Gasteiger charge is -2.22. The molecule has 33 heavy (non-hydrogen) atoms. The van der Waals surface area contributed by atoms with E-state index in [0.717, 1.165) is 24.3 Å². The number of rotatable bonds is 11. The predicted molar refractivity (Wildman–Crippen MR) is 134 cm³/mol. The summed E-state index contributed by atoms with van der Waals surface area (Å²) in [5, 5.41) is 7.43. The fourth-order valence-corrected chi connectivity index (χ4v) is 3.51. The number of amides is 2. The molecule has 0 saturated carbocycles. The first-order chi connectivity index (χ1) is 15.8. The Bertz CT molecular complexity index is 957. The van der Waals surface area contributed by atoms with Crippen LogP contribution in [0.1, 0.15) is 50.0 Å². The third kappa shape index (κ3) is 7.79. The van der Waals surface area contributed by atoms with E-state index in [2.05, 4.69) is 34.6 Å². The monoisotopic (exact) mass is 472 g/mol. The van der Waals surface area contributed by atoms with Gasteiger partial charge in [0.2, 0.25) is 0 Å². The molecule has 1 atom stereocenters. The highest BCUT2D eigenvalue weighted by atomic mass is 35.5. The van der Waals surface area contributed by atoms with Gasteiger partial charge in [-0.15, -0.1) is 0 Å². The number of halogens is 1. The maximum Gasteiger partial charge on any atom is 0.262 e. The molecule has 2 aromatic carbocycles. The topological polar surface area (TPSA) is 83.0 Å². The van der Waals surface area contributed by atoms with Crippen molar-refractivity contribution < 1.29 is 14.3 Å². The van der Waals surface area contributed by atoms with E-state index >= 15 is 0 Å². The lowest BCUT2D eigenvalue weighted by molar-refractivity contribution is -0.123. The number of carbonyl (C=O) groups is 2. The smallest absolute Gasteiger partial charge is 0.262 e. The van der Waals surface area contributed by atoms with Gasteiger partial charge in [-0.2, -0.15) is 5.10 Å². The van der Waals surface area contributed by atoms with E-state index in [-0.39, 0.29) is 17.7 Å². The number of methoxy groups -OCH3 is 1. The van der Waals surface area contributed by atoms with E-state index in [1.54, 1.807) is 31.4 Å². The summed E-state index contributed by atoms with van der Waals surface area (Å²) in [6, 6.07) is 11.6. The molecule has 0 spiro atoms. The number of carbonyl (C=O) groups excluding carboxylic acids is 2.